The summed E-state index contributed by atoms with van der Waals surface area (Å²) in [5.74, 6) is 0.912. The number of ether oxygens (including phenoxy) is 2. The molecule has 1 N–H and O–H groups in total. The Bertz CT molecular complexity index is 1170. The smallest absolute Gasteiger partial charge is 0.265 e. The fraction of sp³-hybridized carbons (Fsp3) is 0.190. The zero-order valence-electron chi connectivity index (χ0n) is 15.8. The van der Waals surface area contributed by atoms with Crippen LogP contribution in [-0.2, 0) is 14.8 Å². The Labute approximate surface area is 168 Å². The molecule has 0 bridgehead atoms. The van der Waals surface area contributed by atoms with Gasteiger partial charge in [0.2, 0.25) is 5.91 Å². The largest absolute Gasteiger partial charge is 0.497 e. The Morgan fingerprint density at radius 2 is 1.76 bits per heavy atom. The van der Waals surface area contributed by atoms with Crippen molar-refractivity contribution >= 4 is 32.4 Å². The van der Waals surface area contributed by atoms with Crippen LogP contribution in [0, 0.1) is 0 Å². The fourth-order valence-electron chi connectivity index (χ4n) is 3.37. The summed E-state index contributed by atoms with van der Waals surface area (Å²) in [7, 11) is -2.17. The second-order valence-corrected chi connectivity index (χ2v) is 8.35. The summed E-state index contributed by atoms with van der Waals surface area (Å²) in [6.07, 6.45) is 0. The van der Waals surface area contributed by atoms with Crippen LogP contribution < -0.4 is 19.1 Å². The summed E-state index contributed by atoms with van der Waals surface area (Å²) in [5, 5.41) is 4.19. The number of carbonyl (C=O) groups is 1. The molecule has 0 fully saturated rings. The first-order valence-electron chi connectivity index (χ1n) is 9.09. The molecule has 3 aromatic carbocycles. The van der Waals surface area contributed by atoms with Crippen LogP contribution in [0.25, 0.3) is 10.8 Å². The van der Waals surface area contributed by atoms with Crippen molar-refractivity contribution in [2.24, 2.45) is 0 Å². The van der Waals surface area contributed by atoms with Crippen molar-refractivity contribution in [3.8, 4) is 11.5 Å². The van der Waals surface area contributed by atoms with E-state index in [2.05, 4.69) is 5.32 Å². The average molecular weight is 412 g/mol. The van der Waals surface area contributed by atoms with E-state index in [1.165, 1.54) is 0 Å². The molecular formula is C21H20N2O5S. The van der Waals surface area contributed by atoms with Crippen LogP contribution in [-0.4, -0.2) is 41.1 Å². The SMILES string of the molecule is COc1cccc(OCCNC(=O)CN2c3cccc4cccc(c34)S2(=O)=O)c1. The Kier molecular flexibility index (Phi) is 5.02. The number of nitrogens with zero attached hydrogens (tertiary/aromatic N) is 1. The lowest BCUT2D eigenvalue weighted by molar-refractivity contribution is -0.119. The Morgan fingerprint density at radius 3 is 2.55 bits per heavy atom. The van der Waals surface area contributed by atoms with Crippen LogP contribution in [0.1, 0.15) is 0 Å². The van der Waals surface area contributed by atoms with E-state index in [1.807, 2.05) is 24.3 Å². The molecule has 8 heteroatoms. The van der Waals surface area contributed by atoms with Gasteiger partial charge in [0.1, 0.15) is 24.7 Å². The number of amides is 1. The highest BCUT2D eigenvalue weighted by molar-refractivity contribution is 7.93. The number of anilines is 1. The third kappa shape index (κ3) is 3.58. The van der Waals surface area contributed by atoms with Gasteiger partial charge in [-0.15, -0.1) is 0 Å². The summed E-state index contributed by atoms with van der Waals surface area (Å²) >= 11 is 0. The summed E-state index contributed by atoms with van der Waals surface area (Å²) in [6, 6.07) is 17.7. The minimum Gasteiger partial charge on any atom is -0.497 e. The van der Waals surface area contributed by atoms with E-state index in [0.29, 0.717) is 22.6 Å². The predicted octanol–water partition coefficient (Wildman–Crippen LogP) is 2.55. The quantitative estimate of drug-likeness (QED) is 0.603. The van der Waals surface area contributed by atoms with Crippen molar-refractivity contribution < 1.29 is 22.7 Å². The summed E-state index contributed by atoms with van der Waals surface area (Å²) < 4.78 is 37.6. The molecule has 0 saturated carbocycles. The van der Waals surface area contributed by atoms with Gasteiger partial charge in [0.15, 0.2) is 0 Å². The molecule has 150 valence electrons. The zero-order chi connectivity index (χ0) is 20.4. The number of benzene rings is 3. The Balaban J connectivity index is 1.38. The summed E-state index contributed by atoms with van der Waals surface area (Å²) in [4.78, 5) is 12.6. The van der Waals surface area contributed by atoms with Crippen molar-refractivity contribution in [2.45, 2.75) is 4.90 Å². The molecular weight excluding hydrogens is 392 g/mol. The molecule has 1 amide bonds. The van der Waals surface area contributed by atoms with Crippen molar-refractivity contribution in [1.29, 1.82) is 0 Å². The van der Waals surface area contributed by atoms with Crippen LogP contribution >= 0.6 is 0 Å². The maximum absolute atomic E-state index is 12.9. The van der Waals surface area contributed by atoms with Gasteiger partial charge in [0.05, 0.1) is 24.2 Å². The van der Waals surface area contributed by atoms with Gasteiger partial charge in [-0.05, 0) is 29.7 Å². The van der Waals surface area contributed by atoms with Gasteiger partial charge in [0.25, 0.3) is 10.0 Å². The van der Waals surface area contributed by atoms with E-state index in [-0.39, 0.29) is 24.6 Å². The molecule has 0 unspecified atom stereocenters. The van der Waals surface area contributed by atoms with Crippen molar-refractivity contribution in [3.63, 3.8) is 0 Å². The molecule has 0 spiro atoms. The number of nitrogens with one attached hydrogen (secondary N) is 1. The van der Waals surface area contributed by atoms with E-state index in [0.717, 1.165) is 9.69 Å². The number of rotatable bonds is 7. The van der Waals surface area contributed by atoms with E-state index < -0.39 is 15.9 Å². The molecule has 0 saturated heterocycles. The van der Waals surface area contributed by atoms with Gasteiger partial charge >= 0.3 is 0 Å². The molecule has 29 heavy (non-hydrogen) atoms. The molecule has 0 aliphatic carbocycles. The highest BCUT2D eigenvalue weighted by Gasteiger charge is 2.36. The van der Waals surface area contributed by atoms with Crippen molar-refractivity contribution in [1.82, 2.24) is 5.32 Å². The van der Waals surface area contributed by atoms with Gasteiger partial charge in [-0.2, -0.15) is 0 Å². The molecule has 1 heterocycles. The van der Waals surface area contributed by atoms with Crippen LogP contribution in [0.4, 0.5) is 5.69 Å². The van der Waals surface area contributed by atoms with Gasteiger partial charge in [-0.25, -0.2) is 8.42 Å². The van der Waals surface area contributed by atoms with Gasteiger partial charge < -0.3 is 14.8 Å². The first-order valence-corrected chi connectivity index (χ1v) is 10.5. The minimum absolute atomic E-state index is 0.236. The summed E-state index contributed by atoms with van der Waals surface area (Å²) in [5.41, 5.74) is 0.529. The van der Waals surface area contributed by atoms with E-state index in [1.54, 1.807) is 43.5 Å². The number of carbonyl (C=O) groups excluding carboxylic acids is 1. The zero-order valence-corrected chi connectivity index (χ0v) is 16.6. The van der Waals surface area contributed by atoms with Crippen molar-refractivity contribution in [2.75, 3.05) is 31.1 Å². The lowest BCUT2D eigenvalue weighted by Gasteiger charge is -2.18. The third-order valence-electron chi connectivity index (χ3n) is 4.70. The molecule has 0 atom stereocenters. The predicted molar refractivity (Wildman–Crippen MR) is 110 cm³/mol. The second-order valence-electron chi connectivity index (χ2n) is 6.52. The van der Waals surface area contributed by atoms with E-state index in [4.69, 9.17) is 9.47 Å². The standard InChI is InChI=1S/C21H20N2O5S/c1-27-16-7-4-8-17(13-16)28-12-11-22-20(24)14-23-18-9-2-5-15-6-3-10-19(21(15)18)29(23,25)26/h2-10,13H,11-12,14H2,1H3,(H,22,24). The number of methoxy groups -OCH3 is 1. The highest BCUT2D eigenvalue weighted by Crippen LogP contribution is 2.41. The lowest BCUT2D eigenvalue weighted by Crippen LogP contribution is -2.40. The lowest BCUT2D eigenvalue weighted by atomic mass is 10.1. The molecule has 3 aromatic rings. The van der Waals surface area contributed by atoms with Gasteiger partial charge in [-0.1, -0.05) is 30.3 Å². The van der Waals surface area contributed by atoms with Crippen LogP contribution in [0.2, 0.25) is 0 Å². The first kappa shape index (κ1) is 19.1. The molecule has 1 aliphatic heterocycles. The minimum atomic E-state index is -3.75. The average Bonchev–Trinajstić information content (AvgIpc) is 2.95. The number of hydrogen-bond acceptors (Lipinski definition) is 5. The van der Waals surface area contributed by atoms with Crippen LogP contribution in [0.15, 0.2) is 65.6 Å². The molecule has 4 rings (SSSR count). The third-order valence-corrected chi connectivity index (χ3v) is 6.50. The highest BCUT2D eigenvalue weighted by atomic mass is 32.2. The van der Waals surface area contributed by atoms with Crippen LogP contribution in [0.5, 0.6) is 11.5 Å². The number of hydrogen-bond donors (Lipinski definition) is 1. The topological polar surface area (TPSA) is 84.9 Å². The Hall–Kier alpha value is -3.26. The van der Waals surface area contributed by atoms with Gasteiger partial charge in [0, 0.05) is 11.5 Å². The monoisotopic (exact) mass is 412 g/mol. The Morgan fingerprint density at radius 1 is 1.03 bits per heavy atom. The molecule has 1 aliphatic rings. The number of sulfonamides is 1. The molecule has 0 radical (unpaired) electrons. The second kappa shape index (κ2) is 7.63. The van der Waals surface area contributed by atoms with Crippen molar-refractivity contribution in [3.05, 3.63) is 60.7 Å². The summed E-state index contributed by atoms with van der Waals surface area (Å²) in [6.45, 7) is 0.220. The van der Waals surface area contributed by atoms with Gasteiger partial charge in [-0.3, -0.25) is 9.10 Å². The normalized spacial score (nSPS) is 14.0. The maximum Gasteiger partial charge on any atom is 0.265 e. The van der Waals surface area contributed by atoms with Crippen LogP contribution in [0.3, 0.4) is 0 Å². The van der Waals surface area contributed by atoms with E-state index >= 15 is 0 Å². The fourth-order valence-corrected chi connectivity index (χ4v) is 5.03. The van der Waals surface area contributed by atoms with E-state index in [9.17, 15) is 13.2 Å². The molecule has 7 nitrogen and oxygen atoms in total. The molecule has 0 aromatic heterocycles. The maximum atomic E-state index is 12.9. The first-order chi connectivity index (χ1) is 14.0.